The van der Waals surface area contributed by atoms with Gasteiger partial charge in [0.25, 0.3) is 0 Å². The van der Waals surface area contributed by atoms with Crippen LogP contribution in [-0.2, 0) is 11.3 Å². The minimum atomic E-state index is -0.776. The Bertz CT molecular complexity index is 562. The average molecular weight is 247 g/mol. The van der Waals surface area contributed by atoms with Crippen LogP contribution in [0, 0.1) is 12.8 Å². The number of aryl methyl sites for hydroxylation is 1. The van der Waals surface area contributed by atoms with Crippen LogP contribution in [0.2, 0.25) is 0 Å². The van der Waals surface area contributed by atoms with Gasteiger partial charge in [-0.05, 0) is 24.6 Å². The Morgan fingerprint density at radius 1 is 1.56 bits per heavy atom. The molecule has 0 aliphatic rings. The average Bonchev–Trinajstić information content (AvgIpc) is 2.68. The van der Waals surface area contributed by atoms with E-state index in [9.17, 15) is 4.79 Å². The summed E-state index contributed by atoms with van der Waals surface area (Å²) in [5.41, 5.74) is 3.08. The number of rotatable bonds is 5. The van der Waals surface area contributed by atoms with Gasteiger partial charge >= 0.3 is 5.97 Å². The van der Waals surface area contributed by atoms with Crippen molar-refractivity contribution in [3.05, 3.63) is 29.6 Å². The molecule has 0 saturated carbocycles. The van der Waals surface area contributed by atoms with Crippen LogP contribution in [0.25, 0.3) is 11.0 Å². The third-order valence-electron chi connectivity index (χ3n) is 2.87. The summed E-state index contributed by atoms with van der Waals surface area (Å²) < 4.78 is 0. The molecule has 1 atom stereocenters. The maximum Gasteiger partial charge on any atom is 0.307 e. The molecule has 1 aromatic heterocycles. The maximum atomic E-state index is 10.7. The van der Waals surface area contributed by atoms with E-state index in [2.05, 4.69) is 15.3 Å². The molecule has 96 valence electrons. The maximum absolute atomic E-state index is 10.7. The zero-order chi connectivity index (χ0) is 13.1. The fourth-order valence-corrected chi connectivity index (χ4v) is 1.81. The Kier molecular flexibility index (Phi) is 3.62. The highest BCUT2D eigenvalue weighted by Gasteiger charge is 2.09. The molecule has 1 aromatic carbocycles. The van der Waals surface area contributed by atoms with Crippen LogP contribution in [0.15, 0.2) is 18.2 Å². The lowest BCUT2D eigenvalue weighted by molar-refractivity contribution is -0.140. The Labute approximate surface area is 105 Å². The number of H-pyrrole nitrogens is 1. The molecule has 0 aliphatic heterocycles. The van der Waals surface area contributed by atoms with Crippen LogP contribution in [-0.4, -0.2) is 27.6 Å². The molecule has 0 spiro atoms. The first-order valence-corrected chi connectivity index (χ1v) is 5.95. The first-order valence-electron chi connectivity index (χ1n) is 5.95. The largest absolute Gasteiger partial charge is 0.481 e. The Morgan fingerprint density at radius 3 is 3.06 bits per heavy atom. The van der Waals surface area contributed by atoms with Gasteiger partial charge < -0.3 is 15.4 Å². The lowest BCUT2D eigenvalue weighted by atomic mass is 10.1. The van der Waals surface area contributed by atoms with E-state index in [0.29, 0.717) is 13.1 Å². The summed E-state index contributed by atoms with van der Waals surface area (Å²) in [6, 6.07) is 6.01. The monoisotopic (exact) mass is 247 g/mol. The topological polar surface area (TPSA) is 78.0 Å². The van der Waals surface area contributed by atoms with Gasteiger partial charge in [0.15, 0.2) is 0 Å². The molecule has 1 heterocycles. The fraction of sp³-hybridized carbons (Fsp3) is 0.385. The normalized spacial score (nSPS) is 12.8. The number of benzene rings is 1. The van der Waals surface area contributed by atoms with Crippen LogP contribution >= 0.6 is 0 Å². The van der Waals surface area contributed by atoms with Crippen molar-refractivity contribution in [2.75, 3.05) is 6.54 Å². The van der Waals surface area contributed by atoms with Gasteiger partial charge in [-0.15, -0.1) is 0 Å². The van der Waals surface area contributed by atoms with Gasteiger partial charge in [0.2, 0.25) is 0 Å². The Hall–Kier alpha value is -1.88. The molecular weight excluding hydrogens is 230 g/mol. The molecule has 2 rings (SSSR count). The molecule has 5 nitrogen and oxygen atoms in total. The number of aliphatic carboxylic acids is 1. The molecule has 0 radical (unpaired) electrons. The summed E-state index contributed by atoms with van der Waals surface area (Å²) in [7, 11) is 0. The summed E-state index contributed by atoms with van der Waals surface area (Å²) in [5.74, 6) is -0.250. The van der Waals surface area contributed by atoms with E-state index in [0.717, 1.165) is 22.4 Å². The third kappa shape index (κ3) is 2.87. The minimum absolute atomic E-state index is 0.372. The van der Waals surface area contributed by atoms with E-state index in [-0.39, 0.29) is 5.92 Å². The summed E-state index contributed by atoms with van der Waals surface area (Å²) in [4.78, 5) is 18.2. The standard InChI is InChI=1S/C13H17N3O2/c1-8(13(17)18)6-14-7-10-3-4-11-12(5-10)16-9(2)15-11/h3-5,8,14H,6-7H2,1-2H3,(H,15,16)(H,17,18). The lowest BCUT2D eigenvalue weighted by Crippen LogP contribution is -2.25. The molecule has 0 fully saturated rings. The van der Waals surface area contributed by atoms with E-state index < -0.39 is 5.97 Å². The highest BCUT2D eigenvalue weighted by atomic mass is 16.4. The predicted molar refractivity (Wildman–Crippen MR) is 69.3 cm³/mol. The molecule has 18 heavy (non-hydrogen) atoms. The first kappa shape index (κ1) is 12.6. The van der Waals surface area contributed by atoms with Crippen molar-refractivity contribution >= 4 is 17.0 Å². The second-order valence-electron chi connectivity index (χ2n) is 4.54. The quantitative estimate of drug-likeness (QED) is 0.751. The van der Waals surface area contributed by atoms with E-state index in [1.54, 1.807) is 6.92 Å². The fourth-order valence-electron chi connectivity index (χ4n) is 1.81. The number of aromatic nitrogens is 2. The van der Waals surface area contributed by atoms with E-state index >= 15 is 0 Å². The third-order valence-corrected chi connectivity index (χ3v) is 2.87. The lowest BCUT2D eigenvalue weighted by Gasteiger charge is -2.08. The van der Waals surface area contributed by atoms with Crippen molar-refractivity contribution in [2.24, 2.45) is 5.92 Å². The second kappa shape index (κ2) is 5.18. The molecule has 2 aromatic rings. The Morgan fingerprint density at radius 2 is 2.33 bits per heavy atom. The smallest absolute Gasteiger partial charge is 0.307 e. The second-order valence-corrected chi connectivity index (χ2v) is 4.54. The molecule has 0 aliphatic carbocycles. The van der Waals surface area contributed by atoms with Crippen LogP contribution in [0.5, 0.6) is 0 Å². The number of hydrogen-bond donors (Lipinski definition) is 3. The van der Waals surface area contributed by atoms with E-state index in [4.69, 9.17) is 5.11 Å². The summed E-state index contributed by atoms with van der Waals surface area (Å²) in [6.07, 6.45) is 0. The van der Waals surface area contributed by atoms with Crippen LogP contribution in [0.1, 0.15) is 18.3 Å². The molecule has 0 bridgehead atoms. The number of nitrogens with zero attached hydrogens (tertiary/aromatic N) is 1. The number of aromatic amines is 1. The number of nitrogens with one attached hydrogen (secondary N) is 2. The molecule has 3 N–H and O–H groups in total. The van der Waals surface area contributed by atoms with E-state index in [1.807, 2.05) is 25.1 Å². The highest BCUT2D eigenvalue weighted by molar-refractivity contribution is 5.75. The number of hydrogen-bond acceptors (Lipinski definition) is 3. The zero-order valence-corrected chi connectivity index (χ0v) is 10.5. The molecule has 1 unspecified atom stereocenters. The van der Waals surface area contributed by atoms with Crippen molar-refractivity contribution in [1.82, 2.24) is 15.3 Å². The molecular formula is C13H17N3O2. The van der Waals surface area contributed by atoms with Crippen molar-refractivity contribution in [2.45, 2.75) is 20.4 Å². The van der Waals surface area contributed by atoms with Crippen molar-refractivity contribution < 1.29 is 9.90 Å². The number of carbonyl (C=O) groups is 1. The van der Waals surface area contributed by atoms with Crippen LogP contribution < -0.4 is 5.32 Å². The van der Waals surface area contributed by atoms with Gasteiger partial charge in [0.05, 0.1) is 17.0 Å². The SMILES string of the molecule is Cc1nc2ccc(CNCC(C)C(=O)O)cc2[nH]1. The van der Waals surface area contributed by atoms with Crippen molar-refractivity contribution in [1.29, 1.82) is 0 Å². The highest BCUT2D eigenvalue weighted by Crippen LogP contribution is 2.13. The predicted octanol–water partition coefficient (Wildman–Crippen LogP) is 1.68. The summed E-state index contributed by atoms with van der Waals surface area (Å²) in [5, 5.41) is 11.9. The minimum Gasteiger partial charge on any atom is -0.481 e. The van der Waals surface area contributed by atoms with Gasteiger partial charge in [-0.3, -0.25) is 4.79 Å². The zero-order valence-electron chi connectivity index (χ0n) is 10.5. The van der Waals surface area contributed by atoms with Crippen molar-refractivity contribution in [3.8, 4) is 0 Å². The summed E-state index contributed by atoms with van der Waals surface area (Å²) in [6.45, 7) is 4.74. The molecule has 0 amide bonds. The summed E-state index contributed by atoms with van der Waals surface area (Å²) >= 11 is 0. The van der Waals surface area contributed by atoms with Gasteiger partial charge in [0.1, 0.15) is 5.82 Å². The molecule has 0 saturated heterocycles. The first-order chi connectivity index (χ1) is 8.56. The van der Waals surface area contributed by atoms with Gasteiger partial charge in [0, 0.05) is 13.1 Å². The van der Waals surface area contributed by atoms with Gasteiger partial charge in [-0.2, -0.15) is 0 Å². The van der Waals surface area contributed by atoms with Gasteiger partial charge in [-0.1, -0.05) is 13.0 Å². The van der Waals surface area contributed by atoms with Crippen molar-refractivity contribution in [3.63, 3.8) is 0 Å². The number of carboxylic acids is 1. The molecule has 5 heteroatoms. The van der Waals surface area contributed by atoms with Crippen LogP contribution in [0.4, 0.5) is 0 Å². The number of imidazole rings is 1. The van der Waals surface area contributed by atoms with Gasteiger partial charge in [-0.25, -0.2) is 4.98 Å². The number of carboxylic acid groups (broad SMARTS) is 1. The van der Waals surface area contributed by atoms with E-state index in [1.165, 1.54) is 0 Å². The number of fused-ring (bicyclic) bond motifs is 1. The van der Waals surface area contributed by atoms with Crippen LogP contribution in [0.3, 0.4) is 0 Å². The Balaban J connectivity index is 1.97.